The molecule has 0 radical (unpaired) electrons. The average Bonchev–Trinajstić information content (AvgIpc) is 3.05. The van der Waals surface area contributed by atoms with Gasteiger partial charge in [0.1, 0.15) is 0 Å². The zero-order valence-corrected chi connectivity index (χ0v) is 12.2. The zero-order chi connectivity index (χ0) is 11.8. The maximum atomic E-state index is 5.92. The second kappa shape index (κ2) is 3.27. The average molecular weight is 248 g/mol. The topological polar surface area (TPSA) is 9.23 Å². The summed E-state index contributed by atoms with van der Waals surface area (Å²) in [6, 6.07) is 0. The highest BCUT2D eigenvalue weighted by molar-refractivity contribution is 6.72. The summed E-state index contributed by atoms with van der Waals surface area (Å²) < 4.78 is 5.92. The van der Waals surface area contributed by atoms with Gasteiger partial charge in [0.15, 0.2) is 8.32 Å². The molecule has 0 aliphatic heterocycles. The van der Waals surface area contributed by atoms with Crippen LogP contribution in [0.3, 0.4) is 0 Å². The quantitative estimate of drug-likeness (QED) is 0.411. The van der Waals surface area contributed by atoms with E-state index in [9.17, 15) is 0 Å². The van der Waals surface area contributed by atoms with Crippen LogP contribution in [0.2, 0.25) is 18.6 Å². The molecule has 0 amide bonds. The monoisotopic (exact) mass is 248 g/mol. The SMILES string of the molecule is CO[Si](C)(C)C1CC2CC1C1C3C=CC(C3)C21. The molecule has 0 N–H and O–H groups in total. The van der Waals surface area contributed by atoms with Crippen molar-refractivity contribution in [3.8, 4) is 0 Å². The van der Waals surface area contributed by atoms with Gasteiger partial charge in [0.2, 0.25) is 0 Å². The second-order valence-corrected chi connectivity index (χ2v) is 11.8. The summed E-state index contributed by atoms with van der Waals surface area (Å²) in [4.78, 5) is 0. The first-order valence-corrected chi connectivity index (χ1v) is 10.3. The lowest BCUT2D eigenvalue weighted by Gasteiger charge is -2.42. The Hall–Kier alpha value is -0.0831. The third-order valence-corrected chi connectivity index (χ3v) is 10.2. The smallest absolute Gasteiger partial charge is 0.189 e. The Morgan fingerprint density at radius 3 is 2.41 bits per heavy atom. The summed E-state index contributed by atoms with van der Waals surface area (Å²) in [5.74, 6) is 6.12. The van der Waals surface area contributed by atoms with Gasteiger partial charge in [0, 0.05) is 7.11 Å². The highest BCUT2D eigenvalue weighted by Crippen LogP contribution is 2.69. The Kier molecular flexibility index (Phi) is 2.08. The molecule has 3 fully saturated rings. The lowest BCUT2D eigenvalue weighted by molar-refractivity contribution is 0.193. The van der Waals surface area contributed by atoms with Crippen LogP contribution in [0.1, 0.15) is 19.3 Å². The summed E-state index contributed by atoms with van der Waals surface area (Å²) in [7, 11) is 0.545. The van der Waals surface area contributed by atoms with Gasteiger partial charge >= 0.3 is 0 Å². The van der Waals surface area contributed by atoms with E-state index < -0.39 is 8.32 Å². The van der Waals surface area contributed by atoms with Crippen molar-refractivity contribution >= 4 is 8.32 Å². The molecule has 4 aliphatic rings. The van der Waals surface area contributed by atoms with Crippen LogP contribution in [0.5, 0.6) is 0 Å². The van der Waals surface area contributed by atoms with Crippen molar-refractivity contribution in [1.29, 1.82) is 0 Å². The van der Waals surface area contributed by atoms with Crippen molar-refractivity contribution in [3.63, 3.8) is 0 Å². The molecule has 1 nitrogen and oxygen atoms in total. The number of allylic oxidation sites excluding steroid dienone is 2. The van der Waals surface area contributed by atoms with E-state index in [2.05, 4.69) is 25.2 Å². The van der Waals surface area contributed by atoms with Crippen LogP contribution in [0.4, 0.5) is 0 Å². The molecule has 0 aromatic rings. The van der Waals surface area contributed by atoms with Crippen LogP contribution in [0.15, 0.2) is 12.2 Å². The molecule has 0 aromatic heterocycles. The summed E-state index contributed by atoms with van der Waals surface area (Å²) in [6.45, 7) is 4.88. The minimum absolute atomic E-state index is 0.949. The first-order valence-electron chi connectivity index (χ1n) is 7.35. The third-order valence-electron chi connectivity index (χ3n) is 6.69. The van der Waals surface area contributed by atoms with Crippen LogP contribution >= 0.6 is 0 Å². The van der Waals surface area contributed by atoms with E-state index in [1.165, 1.54) is 19.3 Å². The van der Waals surface area contributed by atoms with Gasteiger partial charge < -0.3 is 4.43 Å². The number of rotatable bonds is 2. The third kappa shape index (κ3) is 1.24. The second-order valence-electron chi connectivity index (χ2n) is 7.41. The van der Waals surface area contributed by atoms with E-state index in [1.807, 2.05) is 7.11 Å². The van der Waals surface area contributed by atoms with E-state index in [4.69, 9.17) is 4.43 Å². The van der Waals surface area contributed by atoms with Crippen LogP contribution in [0.25, 0.3) is 0 Å². The fourth-order valence-electron chi connectivity index (χ4n) is 5.97. The molecular weight excluding hydrogens is 224 g/mol. The van der Waals surface area contributed by atoms with E-state index in [-0.39, 0.29) is 0 Å². The van der Waals surface area contributed by atoms with Crippen molar-refractivity contribution in [2.24, 2.45) is 35.5 Å². The van der Waals surface area contributed by atoms with Gasteiger partial charge in [-0.2, -0.15) is 0 Å². The van der Waals surface area contributed by atoms with Gasteiger partial charge in [0.05, 0.1) is 0 Å². The molecule has 2 heteroatoms. The molecule has 0 saturated heterocycles. The van der Waals surface area contributed by atoms with Crippen molar-refractivity contribution in [2.45, 2.75) is 37.9 Å². The first kappa shape index (κ1) is 10.8. The molecule has 94 valence electrons. The molecular formula is C15H24OSi. The number of fused-ring (bicyclic) bond motifs is 9. The van der Waals surface area contributed by atoms with Gasteiger partial charge in [-0.05, 0) is 73.4 Å². The molecule has 0 heterocycles. The van der Waals surface area contributed by atoms with E-state index in [1.54, 1.807) is 0 Å². The molecule has 4 bridgehead atoms. The Labute approximate surface area is 106 Å². The van der Waals surface area contributed by atoms with Crippen molar-refractivity contribution in [2.75, 3.05) is 7.11 Å². The van der Waals surface area contributed by atoms with Crippen molar-refractivity contribution in [1.82, 2.24) is 0 Å². The summed E-state index contributed by atoms with van der Waals surface area (Å²) in [5, 5.41) is 0. The molecule has 4 rings (SSSR count). The van der Waals surface area contributed by atoms with Gasteiger partial charge in [-0.25, -0.2) is 0 Å². The fraction of sp³-hybridized carbons (Fsp3) is 0.867. The predicted octanol–water partition coefficient (Wildman–Crippen LogP) is 3.69. The van der Waals surface area contributed by atoms with Crippen molar-refractivity contribution in [3.05, 3.63) is 12.2 Å². The molecule has 0 spiro atoms. The normalized spacial score (nSPS) is 54.6. The van der Waals surface area contributed by atoms with Gasteiger partial charge in [0.25, 0.3) is 0 Å². The molecule has 17 heavy (non-hydrogen) atoms. The van der Waals surface area contributed by atoms with Crippen LogP contribution in [-0.4, -0.2) is 15.4 Å². The maximum Gasteiger partial charge on any atom is 0.189 e. The first-order chi connectivity index (χ1) is 8.12. The van der Waals surface area contributed by atoms with Gasteiger partial charge in [-0.15, -0.1) is 0 Å². The van der Waals surface area contributed by atoms with Gasteiger partial charge in [-0.1, -0.05) is 12.2 Å². The largest absolute Gasteiger partial charge is 0.420 e. The Balaban J connectivity index is 1.65. The van der Waals surface area contributed by atoms with E-state index >= 15 is 0 Å². The van der Waals surface area contributed by atoms with E-state index in [0.29, 0.717) is 0 Å². The van der Waals surface area contributed by atoms with Gasteiger partial charge in [-0.3, -0.25) is 0 Å². The fourth-order valence-corrected chi connectivity index (χ4v) is 8.53. The molecule has 7 atom stereocenters. The number of hydrogen-bond donors (Lipinski definition) is 0. The highest BCUT2D eigenvalue weighted by Gasteiger charge is 2.63. The van der Waals surface area contributed by atoms with E-state index in [0.717, 1.165) is 41.0 Å². The summed E-state index contributed by atoms with van der Waals surface area (Å²) >= 11 is 0. The summed E-state index contributed by atoms with van der Waals surface area (Å²) in [6.07, 6.45) is 9.61. The lowest BCUT2D eigenvalue weighted by atomic mass is 9.73. The minimum Gasteiger partial charge on any atom is -0.420 e. The molecule has 0 aromatic carbocycles. The minimum atomic E-state index is -1.41. The zero-order valence-electron chi connectivity index (χ0n) is 11.2. The highest BCUT2D eigenvalue weighted by atomic mass is 28.4. The van der Waals surface area contributed by atoms with Crippen LogP contribution in [-0.2, 0) is 4.43 Å². The molecule has 4 aliphatic carbocycles. The van der Waals surface area contributed by atoms with Crippen LogP contribution in [0, 0.1) is 35.5 Å². The summed E-state index contributed by atoms with van der Waals surface area (Å²) in [5.41, 5.74) is 0.950. The Morgan fingerprint density at radius 1 is 1.00 bits per heavy atom. The standard InChI is InChI=1S/C15H24OSi/c1-16-17(2,3)13-8-11-7-12(13)15-10-5-4-9(6-10)14(11)15/h4-5,9-15H,6-8H2,1-3H3. The van der Waals surface area contributed by atoms with Crippen LogP contribution < -0.4 is 0 Å². The molecule has 3 saturated carbocycles. The molecule has 7 unspecified atom stereocenters. The van der Waals surface area contributed by atoms with Crippen molar-refractivity contribution < 1.29 is 4.43 Å². The maximum absolute atomic E-state index is 5.92. The Bertz CT molecular complexity index is 375. The Morgan fingerprint density at radius 2 is 1.71 bits per heavy atom. The predicted molar refractivity (Wildman–Crippen MR) is 72.2 cm³/mol. The lowest BCUT2D eigenvalue weighted by Crippen LogP contribution is -2.42. The number of hydrogen-bond acceptors (Lipinski definition) is 1.